The Bertz CT molecular complexity index is 976. The molecule has 3 aromatic rings. The van der Waals surface area contributed by atoms with Gasteiger partial charge in [-0.05, 0) is 54.7 Å². The van der Waals surface area contributed by atoms with Crippen molar-refractivity contribution in [1.29, 1.82) is 0 Å². The van der Waals surface area contributed by atoms with Crippen LogP contribution < -0.4 is 25.8 Å². The lowest BCUT2D eigenvalue weighted by Gasteiger charge is -2.13. The second kappa shape index (κ2) is 11.1. The first kappa shape index (κ1) is 22.2. The maximum absolute atomic E-state index is 6.30. The SMILES string of the molecule is CCCCc1ccc(Nc2ncnc(NCCc3ccc(OC)c(OC)c3)c2N)cc1. The summed E-state index contributed by atoms with van der Waals surface area (Å²) in [6.07, 6.45) is 5.78. The molecule has 0 radical (unpaired) electrons. The first-order valence-electron chi connectivity index (χ1n) is 10.6. The van der Waals surface area contributed by atoms with Gasteiger partial charge in [0.15, 0.2) is 23.1 Å². The standard InChI is InChI=1S/C24H31N5O2/c1-4-5-6-17-7-10-19(11-8-17)29-24-22(25)23(27-16-28-24)26-14-13-18-9-12-20(30-2)21(15-18)31-3/h7-12,15-16H,4-6,13-14,25H2,1-3H3,(H2,26,27,28,29). The van der Waals surface area contributed by atoms with Gasteiger partial charge in [0.2, 0.25) is 0 Å². The molecule has 0 spiro atoms. The third-order valence-corrected chi connectivity index (χ3v) is 5.07. The summed E-state index contributed by atoms with van der Waals surface area (Å²) in [6, 6.07) is 14.3. The number of ether oxygens (including phenoxy) is 2. The lowest BCUT2D eigenvalue weighted by atomic mass is 10.1. The minimum Gasteiger partial charge on any atom is -0.493 e. The Morgan fingerprint density at radius 1 is 0.871 bits per heavy atom. The predicted octanol–water partition coefficient (Wildman–Crippen LogP) is 4.82. The van der Waals surface area contributed by atoms with E-state index in [1.54, 1.807) is 14.2 Å². The molecule has 0 aliphatic carbocycles. The number of nitrogens with one attached hydrogen (secondary N) is 2. The van der Waals surface area contributed by atoms with E-state index in [0.717, 1.165) is 24.1 Å². The molecule has 0 saturated heterocycles. The number of aryl methyl sites for hydroxylation is 1. The second-order valence-corrected chi connectivity index (χ2v) is 7.28. The topological polar surface area (TPSA) is 94.3 Å². The van der Waals surface area contributed by atoms with Crippen LogP contribution in [0.5, 0.6) is 11.5 Å². The highest BCUT2D eigenvalue weighted by atomic mass is 16.5. The molecular weight excluding hydrogens is 390 g/mol. The number of anilines is 4. The summed E-state index contributed by atoms with van der Waals surface area (Å²) in [6.45, 7) is 2.87. The Morgan fingerprint density at radius 2 is 1.58 bits per heavy atom. The second-order valence-electron chi connectivity index (χ2n) is 7.28. The summed E-state index contributed by atoms with van der Waals surface area (Å²) >= 11 is 0. The predicted molar refractivity (Wildman–Crippen MR) is 127 cm³/mol. The van der Waals surface area contributed by atoms with E-state index in [1.165, 1.54) is 24.7 Å². The molecule has 2 aromatic carbocycles. The number of unbranched alkanes of at least 4 members (excludes halogenated alkanes) is 1. The van der Waals surface area contributed by atoms with E-state index in [2.05, 4.69) is 51.8 Å². The molecule has 0 saturated carbocycles. The first-order valence-corrected chi connectivity index (χ1v) is 10.6. The number of methoxy groups -OCH3 is 2. The van der Waals surface area contributed by atoms with Gasteiger partial charge in [-0.25, -0.2) is 9.97 Å². The Kier molecular flexibility index (Phi) is 7.92. The van der Waals surface area contributed by atoms with E-state index in [1.807, 2.05) is 18.2 Å². The minimum absolute atomic E-state index is 0.491. The summed E-state index contributed by atoms with van der Waals surface area (Å²) in [4.78, 5) is 8.59. The molecule has 0 aliphatic heterocycles. The molecule has 1 aromatic heterocycles. The van der Waals surface area contributed by atoms with Crippen LogP contribution in [0, 0.1) is 0 Å². The Hall–Kier alpha value is -3.48. The summed E-state index contributed by atoms with van der Waals surface area (Å²) in [5, 5.41) is 6.58. The smallest absolute Gasteiger partial charge is 0.160 e. The summed E-state index contributed by atoms with van der Waals surface area (Å²) < 4.78 is 10.7. The van der Waals surface area contributed by atoms with Crippen LogP contribution in [0.15, 0.2) is 48.8 Å². The Morgan fingerprint density at radius 3 is 2.29 bits per heavy atom. The molecule has 0 atom stereocenters. The van der Waals surface area contributed by atoms with Crippen LogP contribution in [0.4, 0.5) is 23.0 Å². The van der Waals surface area contributed by atoms with Crippen LogP contribution in [-0.2, 0) is 12.8 Å². The van der Waals surface area contributed by atoms with Crippen molar-refractivity contribution in [2.24, 2.45) is 0 Å². The van der Waals surface area contributed by atoms with Crippen molar-refractivity contribution in [2.75, 3.05) is 37.1 Å². The monoisotopic (exact) mass is 421 g/mol. The van der Waals surface area contributed by atoms with Gasteiger partial charge in [-0.15, -0.1) is 0 Å². The number of benzene rings is 2. The number of hydrogen-bond donors (Lipinski definition) is 3. The fraction of sp³-hybridized carbons (Fsp3) is 0.333. The van der Waals surface area contributed by atoms with Gasteiger partial charge in [-0.1, -0.05) is 31.5 Å². The fourth-order valence-corrected chi connectivity index (χ4v) is 3.27. The summed E-state index contributed by atoms with van der Waals surface area (Å²) in [7, 11) is 3.26. The number of rotatable bonds is 11. The molecule has 7 heteroatoms. The highest BCUT2D eigenvalue weighted by Gasteiger charge is 2.09. The normalized spacial score (nSPS) is 10.5. The molecule has 4 N–H and O–H groups in total. The van der Waals surface area contributed by atoms with Crippen LogP contribution in [-0.4, -0.2) is 30.7 Å². The molecule has 7 nitrogen and oxygen atoms in total. The van der Waals surface area contributed by atoms with E-state index >= 15 is 0 Å². The molecule has 0 fully saturated rings. The van der Waals surface area contributed by atoms with E-state index in [0.29, 0.717) is 35.4 Å². The van der Waals surface area contributed by atoms with Gasteiger partial charge in [0.05, 0.1) is 14.2 Å². The van der Waals surface area contributed by atoms with E-state index in [4.69, 9.17) is 15.2 Å². The third kappa shape index (κ3) is 6.01. The van der Waals surface area contributed by atoms with Gasteiger partial charge in [-0.2, -0.15) is 0 Å². The van der Waals surface area contributed by atoms with Crippen LogP contribution >= 0.6 is 0 Å². The summed E-state index contributed by atoms with van der Waals surface area (Å²) in [5.74, 6) is 2.63. The van der Waals surface area contributed by atoms with Gasteiger partial charge in [0.1, 0.15) is 12.0 Å². The van der Waals surface area contributed by atoms with E-state index < -0.39 is 0 Å². The molecule has 31 heavy (non-hydrogen) atoms. The quantitative estimate of drug-likeness (QED) is 0.409. The van der Waals surface area contributed by atoms with Crippen LogP contribution in [0.3, 0.4) is 0 Å². The van der Waals surface area contributed by atoms with Crippen molar-refractivity contribution in [1.82, 2.24) is 9.97 Å². The minimum atomic E-state index is 0.491. The molecule has 0 amide bonds. The van der Waals surface area contributed by atoms with Crippen LogP contribution in [0.1, 0.15) is 30.9 Å². The van der Waals surface area contributed by atoms with Gasteiger partial charge >= 0.3 is 0 Å². The molecule has 3 rings (SSSR count). The van der Waals surface area contributed by atoms with Gasteiger partial charge < -0.3 is 25.8 Å². The third-order valence-electron chi connectivity index (χ3n) is 5.07. The van der Waals surface area contributed by atoms with Crippen molar-refractivity contribution in [2.45, 2.75) is 32.6 Å². The van der Waals surface area contributed by atoms with Crippen molar-refractivity contribution in [3.05, 3.63) is 59.9 Å². The molecule has 164 valence electrons. The number of aromatic nitrogens is 2. The zero-order valence-corrected chi connectivity index (χ0v) is 18.4. The van der Waals surface area contributed by atoms with Crippen molar-refractivity contribution < 1.29 is 9.47 Å². The number of nitrogen functional groups attached to an aromatic ring is 1. The Balaban J connectivity index is 1.60. The zero-order valence-electron chi connectivity index (χ0n) is 18.4. The first-order chi connectivity index (χ1) is 15.1. The van der Waals surface area contributed by atoms with Gasteiger partial charge in [0.25, 0.3) is 0 Å². The molecule has 0 bridgehead atoms. The molecule has 0 unspecified atom stereocenters. The highest BCUT2D eigenvalue weighted by Crippen LogP contribution is 2.28. The molecule has 0 aliphatic rings. The number of nitrogens with two attached hydrogens (primary N) is 1. The van der Waals surface area contributed by atoms with Crippen molar-refractivity contribution in [3.8, 4) is 11.5 Å². The lowest BCUT2D eigenvalue weighted by molar-refractivity contribution is 0.354. The van der Waals surface area contributed by atoms with Crippen molar-refractivity contribution >= 4 is 23.0 Å². The van der Waals surface area contributed by atoms with Crippen LogP contribution in [0.2, 0.25) is 0 Å². The fourth-order valence-electron chi connectivity index (χ4n) is 3.27. The van der Waals surface area contributed by atoms with Crippen LogP contribution in [0.25, 0.3) is 0 Å². The largest absolute Gasteiger partial charge is 0.493 e. The summed E-state index contributed by atoms with van der Waals surface area (Å²) in [5.41, 5.74) is 10.2. The maximum Gasteiger partial charge on any atom is 0.160 e. The van der Waals surface area contributed by atoms with E-state index in [9.17, 15) is 0 Å². The molecule has 1 heterocycles. The average molecular weight is 422 g/mol. The maximum atomic E-state index is 6.30. The average Bonchev–Trinajstić information content (AvgIpc) is 2.80. The highest BCUT2D eigenvalue weighted by molar-refractivity contribution is 5.77. The molecular formula is C24H31N5O2. The van der Waals surface area contributed by atoms with E-state index in [-0.39, 0.29) is 0 Å². The lowest BCUT2D eigenvalue weighted by Crippen LogP contribution is -2.11. The van der Waals surface area contributed by atoms with Gasteiger partial charge in [0, 0.05) is 12.2 Å². The number of hydrogen-bond acceptors (Lipinski definition) is 7. The van der Waals surface area contributed by atoms with Crippen molar-refractivity contribution in [3.63, 3.8) is 0 Å². The number of nitrogens with zero attached hydrogens (tertiary/aromatic N) is 2. The Labute approximate surface area is 184 Å². The van der Waals surface area contributed by atoms with Gasteiger partial charge in [-0.3, -0.25) is 0 Å². The zero-order chi connectivity index (χ0) is 22.1.